The minimum atomic E-state index is -0.792. The highest BCUT2D eigenvalue weighted by Gasteiger charge is 2.24. The maximum Gasteiger partial charge on any atom is 0.306 e. The van der Waals surface area contributed by atoms with Crippen LogP contribution in [-0.2, 0) is 14.3 Å². The molecule has 6 nitrogen and oxygen atoms in total. The Balaban J connectivity index is 4.56. The summed E-state index contributed by atoms with van der Waals surface area (Å²) in [5.74, 6) is -0.494. The number of amides is 1. The van der Waals surface area contributed by atoms with E-state index in [1.807, 2.05) is 0 Å². The van der Waals surface area contributed by atoms with E-state index in [0.29, 0.717) is 19.3 Å². The topological polar surface area (TPSA) is 95.9 Å². The Morgan fingerprint density at radius 3 is 1.37 bits per heavy atom. The number of carbonyl (C=O) groups excluding carboxylic acids is 2. The van der Waals surface area contributed by atoms with Crippen LogP contribution >= 0.6 is 0 Å². The summed E-state index contributed by atoms with van der Waals surface area (Å²) in [7, 11) is 0. The Hall–Kier alpha value is -2.18. The molecule has 3 atom stereocenters. The Kier molecular flexibility index (Phi) is 45.1. The highest BCUT2D eigenvalue weighted by Crippen LogP contribution is 2.18. The van der Waals surface area contributed by atoms with Crippen molar-refractivity contribution in [3.63, 3.8) is 0 Å². The molecule has 0 saturated heterocycles. The molecule has 0 rings (SSSR count). The molecular weight excluding hydrogens is 731 g/mol. The first kappa shape index (κ1) is 56.8. The van der Waals surface area contributed by atoms with E-state index >= 15 is 0 Å². The maximum atomic E-state index is 13.2. The lowest BCUT2D eigenvalue weighted by molar-refractivity contribution is -0.151. The van der Waals surface area contributed by atoms with E-state index in [-0.39, 0.29) is 24.9 Å². The Labute approximate surface area is 366 Å². The molecule has 0 aromatic heterocycles. The first-order valence-electron chi connectivity index (χ1n) is 25.4. The van der Waals surface area contributed by atoms with Crippen molar-refractivity contribution in [3.8, 4) is 0 Å². The lowest BCUT2D eigenvalue weighted by atomic mass is 10.0. The van der Waals surface area contributed by atoms with E-state index in [1.54, 1.807) is 0 Å². The van der Waals surface area contributed by atoms with Gasteiger partial charge in [-0.2, -0.15) is 0 Å². The van der Waals surface area contributed by atoms with Gasteiger partial charge in [-0.25, -0.2) is 0 Å². The van der Waals surface area contributed by atoms with Crippen LogP contribution in [0.15, 0.2) is 48.6 Å². The number of nitrogens with one attached hydrogen (secondary N) is 1. The summed E-state index contributed by atoms with van der Waals surface area (Å²) in [6.45, 7) is 6.27. The maximum absolute atomic E-state index is 13.2. The number of unbranched alkanes of at least 4 members (excludes halogenated alkanes) is 25. The smallest absolute Gasteiger partial charge is 0.306 e. The van der Waals surface area contributed by atoms with Gasteiger partial charge >= 0.3 is 5.97 Å². The zero-order valence-electron chi connectivity index (χ0n) is 39.1. The Morgan fingerprint density at radius 1 is 0.508 bits per heavy atom. The van der Waals surface area contributed by atoms with Crippen LogP contribution in [0.25, 0.3) is 0 Å². The number of ether oxygens (including phenoxy) is 1. The monoisotopic (exact) mass is 828 g/mol. The molecule has 59 heavy (non-hydrogen) atoms. The van der Waals surface area contributed by atoms with Crippen LogP contribution in [0.5, 0.6) is 0 Å². The van der Waals surface area contributed by atoms with Crippen molar-refractivity contribution in [1.29, 1.82) is 0 Å². The average molecular weight is 828 g/mol. The van der Waals surface area contributed by atoms with Crippen molar-refractivity contribution >= 4 is 11.9 Å². The molecule has 0 heterocycles. The largest absolute Gasteiger partial charge is 0.462 e. The molecule has 6 heteroatoms. The van der Waals surface area contributed by atoms with E-state index in [4.69, 9.17) is 4.74 Å². The molecule has 0 bridgehead atoms. The van der Waals surface area contributed by atoms with Gasteiger partial charge in [-0.15, -0.1) is 0 Å². The van der Waals surface area contributed by atoms with Crippen molar-refractivity contribution < 1.29 is 24.5 Å². The molecule has 0 fully saturated rings. The summed E-state index contributed by atoms with van der Waals surface area (Å²) >= 11 is 0. The highest BCUT2D eigenvalue weighted by molar-refractivity contribution is 5.77. The van der Waals surface area contributed by atoms with Crippen molar-refractivity contribution in [2.45, 2.75) is 270 Å². The number of hydrogen-bond donors (Lipinski definition) is 3. The van der Waals surface area contributed by atoms with E-state index in [2.05, 4.69) is 74.7 Å². The van der Waals surface area contributed by atoms with Crippen LogP contribution in [0.4, 0.5) is 0 Å². The number of carbonyl (C=O) groups is 2. The number of rotatable bonds is 45. The minimum Gasteiger partial charge on any atom is -0.462 e. The van der Waals surface area contributed by atoms with E-state index < -0.39 is 18.2 Å². The van der Waals surface area contributed by atoms with E-state index in [0.717, 1.165) is 96.3 Å². The lowest BCUT2D eigenvalue weighted by Gasteiger charge is -2.24. The predicted molar refractivity (Wildman–Crippen MR) is 255 cm³/mol. The molecule has 0 aliphatic rings. The molecule has 0 spiro atoms. The number of aliphatic hydroxyl groups is 2. The van der Waals surface area contributed by atoms with Gasteiger partial charge in [0.1, 0.15) is 6.10 Å². The van der Waals surface area contributed by atoms with Gasteiger partial charge in [-0.05, 0) is 77.0 Å². The number of esters is 1. The molecule has 3 unspecified atom stereocenters. The summed E-state index contributed by atoms with van der Waals surface area (Å²) in [5.41, 5.74) is 0. The van der Waals surface area contributed by atoms with Gasteiger partial charge in [0.2, 0.25) is 5.91 Å². The number of aliphatic hydroxyl groups excluding tert-OH is 2. The second kappa shape index (κ2) is 46.9. The van der Waals surface area contributed by atoms with Gasteiger partial charge in [0.05, 0.1) is 25.2 Å². The molecular formula is C53H97NO5. The van der Waals surface area contributed by atoms with Crippen LogP contribution in [-0.4, -0.2) is 46.9 Å². The van der Waals surface area contributed by atoms with E-state index in [9.17, 15) is 19.8 Å². The fourth-order valence-corrected chi connectivity index (χ4v) is 7.62. The van der Waals surface area contributed by atoms with Crippen molar-refractivity contribution in [2.24, 2.45) is 0 Å². The van der Waals surface area contributed by atoms with Crippen molar-refractivity contribution in [2.75, 3.05) is 6.61 Å². The lowest BCUT2D eigenvalue weighted by Crippen LogP contribution is -2.46. The summed E-state index contributed by atoms with van der Waals surface area (Å²) < 4.78 is 5.92. The van der Waals surface area contributed by atoms with Crippen LogP contribution in [0.2, 0.25) is 0 Å². The first-order valence-corrected chi connectivity index (χ1v) is 25.4. The molecule has 344 valence electrons. The van der Waals surface area contributed by atoms with Gasteiger partial charge in [0.15, 0.2) is 0 Å². The van der Waals surface area contributed by atoms with Crippen LogP contribution in [0.1, 0.15) is 252 Å². The summed E-state index contributed by atoms with van der Waals surface area (Å²) in [6.07, 6.45) is 56.0. The zero-order chi connectivity index (χ0) is 43.1. The molecule has 0 saturated carbocycles. The molecule has 0 aromatic carbocycles. The van der Waals surface area contributed by atoms with Gasteiger partial charge in [0, 0.05) is 6.42 Å². The third kappa shape index (κ3) is 42.3. The fourth-order valence-electron chi connectivity index (χ4n) is 7.62. The minimum absolute atomic E-state index is 0.0652. The molecule has 0 aliphatic heterocycles. The second-order valence-electron chi connectivity index (χ2n) is 17.2. The Morgan fingerprint density at radius 2 is 0.915 bits per heavy atom. The highest BCUT2D eigenvalue weighted by atomic mass is 16.5. The summed E-state index contributed by atoms with van der Waals surface area (Å²) in [6, 6.07) is -0.706. The quantitative estimate of drug-likeness (QED) is 0.0323. The third-order valence-electron chi connectivity index (χ3n) is 11.4. The normalized spacial score (nSPS) is 13.6. The molecule has 0 aromatic rings. The molecule has 0 radical (unpaired) electrons. The Bertz CT molecular complexity index is 1020. The zero-order valence-corrected chi connectivity index (χ0v) is 39.1. The van der Waals surface area contributed by atoms with Gasteiger partial charge in [-0.1, -0.05) is 211 Å². The molecule has 3 N–H and O–H groups in total. The third-order valence-corrected chi connectivity index (χ3v) is 11.4. The predicted octanol–water partition coefficient (Wildman–Crippen LogP) is 15.1. The van der Waals surface area contributed by atoms with Gasteiger partial charge in [-0.3, -0.25) is 9.59 Å². The SMILES string of the molecule is CC/C=C/C/C=C/CCCCCCCCCC(=O)OC(CCCCCCC/C=C/C/C=C/CC)CC(=O)NC(CO)C(O)CCCCCCCCCCCCCCCC. The second-order valence-corrected chi connectivity index (χ2v) is 17.2. The fraction of sp³-hybridized carbons (Fsp3) is 0.811. The molecule has 1 amide bonds. The number of hydrogen-bond acceptors (Lipinski definition) is 5. The van der Waals surface area contributed by atoms with Crippen molar-refractivity contribution in [3.05, 3.63) is 48.6 Å². The van der Waals surface area contributed by atoms with Crippen LogP contribution in [0.3, 0.4) is 0 Å². The van der Waals surface area contributed by atoms with Gasteiger partial charge in [0.25, 0.3) is 0 Å². The van der Waals surface area contributed by atoms with Crippen LogP contribution in [0, 0.1) is 0 Å². The first-order chi connectivity index (χ1) is 29.0. The van der Waals surface area contributed by atoms with Crippen LogP contribution < -0.4 is 5.32 Å². The van der Waals surface area contributed by atoms with Crippen molar-refractivity contribution in [1.82, 2.24) is 5.32 Å². The summed E-state index contributed by atoms with van der Waals surface area (Å²) in [4.78, 5) is 26.1. The summed E-state index contributed by atoms with van der Waals surface area (Å²) in [5, 5.41) is 23.8. The molecule has 0 aliphatic carbocycles. The van der Waals surface area contributed by atoms with E-state index in [1.165, 1.54) is 109 Å². The van der Waals surface area contributed by atoms with Gasteiger partial charge < -0.3 is 20.3 Å². The number of allylic oxidation sites excluding steroid dienone is 8. The average Bonchev–Trinajstić information content (AvgIpc) is 3.23. The standard InChI is InChI=1S/C53H97NO5/c1-4-7-10-13-16-19-22-25-27-30-33-36-39-42-45-51(56)50(48-55)54-52(57)47-49(44-41-38-35-32-29-24-21-18-15-12-9-6-3)59-53(58)46-43-40-37-34-31-28-26-23-20-17-14-11-8-5-2/h8-9,11-12,17-18,20-21,49-51,55-56H,4-7,10,13-16,19,22-48H2,1-3H3,(H,54,57)/b11-8+,12-9+,20-17+,21-18+.